The summed E-state index contributed by atoms with van der Waals surface area (Å²) in [5.41, 5.74) is 0. The molecule has 2 N–H and O–H groups in total. The van der Waals surface area contributed by atoms with E-state index in [2.05, 4.69) is 27.3 Å². The maximum atomic E-state index is 4.69. The van der Waals surface area contributed by atoms with E-state index in [4.69, 9.17) is 4.98 Å². The Morgan fingerprint density at radius 3 is 2.89 bits per heavy atom. The van der Waals surface area contributed by atoms with Gasteiger partial charge in [0.25, 0.3) is 0 Å². The lowest BCUT2D eigenvalue weighted by atomic mass is 9.87. The summed E-state index contributed by atoms with van der Waals surface area (Å²) in [7, 11) is 0. The molecule has 2 heterocycles. The van der Waals surface area contributed by atoms with Crippen molar-refractivity contribution in [3.8, 4) is 0 Å². The molecule has 5 nitrogen and oxygen atoms in total. The lowest BCUT2D eigenvalue weighted by Crippen LogP contribution is -2.49. The Morgan fingerprint density at radius 2 is 2.11 bits per heavy atom. The lowest BCUT2D eigenvalue weighted by Gasteiger charge is -2.30. The van der Waals surface area contributed by atoms with Gasteiger partial charge in [0.05, 0.1) is 0 Å². The summed E-state index contributed by atoms with van der Waals surface area (Å²) < 4.78 is 0. The average molecular weight is 263 g/mol. The molecule has 1 aromatic heterocycles. The van der Waals surface area contributed by atoms with Crippen molar-refractivity contribution in [3.63, 3.8) is 0 Å². The third-order valence-electron chi connectivity index (χ3n) is 4.38. The Bertz CT molecular complexity index is 396. The standard InChI is InChI=1S/C14H25N5/c1-11-10-19(8-7-15-11)14-16-13(17-18-14)9-12-5-3-2-4-6-12/h11-12,15H,2-10H2,1H3,(H,16,17,18). The van der Waals surface area contributed by atoms with Gasteiger partial charge in [-0.2, -0.15) is 4.98 Å². The average Bonchev–Trinajstić information content (AvgIpc) is 2.88. The van der Waals surface area contributed by atoms with E-state index in [1.807, 2.05) is 0 Å². The van der Waals surface area contributed by atoms with Crippen LogP contribution in [-0.4, -0.2) is 40.9 Å². The van der Waals surface area contributed by atoms with Crippen LogP contribution in [0.5, 0.6) is 0 Å². The number of nitrogens with one attached hydrogen (secondary N) is 2. The zero-order valence-electron chi connectivity index (χ0n) is 11.9. The van der Waals surface area contributed by atoms with E-state index in [0.717, 1.165) is 43.7 Å². The summed E-state index contributed by atoms with van der Waals surface area (Å²) in [6.07, 6.45) is 7.99. The van der Waals surface area contributed by atoms with Crippen LogP contribution in [0.2, 0.25) is 0 Å². The highest BCUT2D eigenvalue weighted by molar-refractivity contribution is 5.30. The molecular formula is C14H25N5. The normalized spacial score (nSPS) is 25.7. The molecule has 1 aliphatic heterocycles. The Kier molecular flexibility index (Phi) is 4.01. The van der Waals surface area contributed by atoms with Gasteiger partial charge in [-0.3, -0.25) is 5.10 Å². The van der Waals surface area contributed by atoms with Crippen LogP contribution < -0.4 is 10.2 Å². The van der Waals surface area contributed by atoms with Gasteiger partial charge < -0.3 is 10.2 Å². The van der Waals surface area contributed by atoms with Crippen molar-refractivity contribution in [3.05, 3.63) is 5.82 Å². The number of anilines is 1. The minimum atomic E-state index is 0.522. The maximum absolute atomic E-state index is 4.69. The van der Waals surface area contributed by atoms with Crippen LogP contribution in [0.4, 0.5) is 5.95 Å². The topological polar surface area (TPSA) is 56.8 Å². The molecule has 3 rings (SSSR count). The number of hydrogen-bond donors (Lipinski definition) is 2. The van der Waals surface area contributed by atoms with Gasteiger partial charge in [0, 0.05) is 32.1 Å². The van der Waals surface area contributed by atoms with Crippen LogP contribution in [-0.2, 0) is 6.42 Å². The van der Waals surface area contributed by atoms with E-state index in [-0.39, 0.29) is 0 Å². The summed E-state index contributed by atoms with van der Waals surface area (Å²) in [5.74, 6) is 2.78. The van der Waals surface area contributed by atoms with Gasteiger partial charge >= 0.3 is 0 Å². The fourth-order valence-corrected chi connectivity index (χ4v) is 3.30. The second-order valence-corrected chi connectivity index (χ2v) is 6.09. The third-order valence-corrected chi connectivity index (χ3v) is 4.38. The maximum Gasteiger partial charge on any atom is 0.244 e. The lowest BCUT2D eigenvalue weighted by molar-refractivity contribution is 0.352. The van der Waals surface area contributed by atoms with E-state index >= 15 is 0 Å². The first-order valence-electron chi connectivity index (χ1n) is 7.71. The van der Waals surface area contributed by atoms with Crippen LogP contribution in [0.25, 0.3) is 0 Å². The van der Waals surface area contributed by atoms with E-state index < -0.39 is 0 Å². The first-order chi connectivity index (χ1) is 9.31. The van der Waals surface area contributed by atoms with Crippen molar-refractivity contribution in [2.45, 2.75) is 51.5 Å². The van der Waals surface area contributed by atoms with Crippen molar-refractivity contribution in [2.75, 3.05) is 24.5 Å². The molecule has 2 aliphatic rings. The number of nitrogens with zero attached hydrogens (tertiary/aromatic N) is 3. The van der Waals surface area contributed by atoms with E-state index in [0.29, 0.717) is 6.04 Å². The number of aromatic nitrogens is 3. The smallest absolute Gasteiger partial charge is 0.244 e. The van der Waals surface area contributed by atoms with Crippen LogP contribution in [0, 0.1) is 5.92 Å². The molecule has 19 heavy (non-hydrogen) atoms. The molecule has 1 aliphatic carbocycles. The number of H-pyrrole nitrogens is 1. The number of hydrogen-bond acceptors (Lipinski definition) is 4. The SMILES string of the molecule is CC1CN(c2n[nH]c(CC3CCCCC3)n2)CCN1. The molecule has 0 radical (unpaired) electrons. The Labute approximate surface area is 115 Å². The monoisotopic (exact) mass is 263 g/mol. The zero-order chi connectivity index (χ0) is 13.1. The highest BCUT2D eigenvalue weighted by atomic mass is 15.4. The number of aromatic amines is 1. The minimum Gasteiger partial charge on any atom is -0.337 e. The van der Waals surface area contributed by atoms with Gasteiger partial charge in [-0.25, -0.2) is 0 Å². The third kappa shape index (κ3) is 3.26. The van der Waals surface area contributed by atoms with Crippen LogP contribution in [0.15, 0.2) is 0 Å². The van der Waals surface area contributed by atoms with Gasteiger partial charge in [0.1, 0.15) is 5.82 Å². The van der Waals surface area contributed by atoms with Crippen LogP contribution in [0.1, 0.15) is 44.9 Å². The number of piperazine rings is 1. The molecule has 0 bridgehead atoms. The Hall–Kier alpha value is -1.10. The molecule has 5 heteroatoms. The molecule has 1 aromatic rings. The molecule has 1 saturated heterocycles. The Balaban J connectivity index is 1.59. The summed E-state index contributed by atoms with van der Waals surface area (Å²) in [6.45, 7) is 5.24. The number of rotatable bonds is 3. The Morgan fingerprint density at radius 1 is 1.26 bits per heavy atom. The minimum absolute atomic E-state index is 0.522. The van der Waals surface area contributed by atoms with E-state index in [1.165, 1.54) is 32.1 Å². The van der Waals surface area contributed by atoms with Crippen molar-refractivity contribution in [1.82, 2.24) is 20.5 Å². The van der Waals surface area contributed by atoms with Gasteiger partial charge in [0.15, 0.2) is 0 Å². The van der Waals surface area contributed by atoms with Crippen molar-refractivity contribution in [1.29, 1.82) is 0 Å². The summed E-state index contributed by atoms with van der Waals surface area (Å²) in [5, 5.41) is 11.0. The molecule has 1 unspecified atom stereocenters. The van der Waals surface area contributed by atoms with Gasteiger partial charge in [0.2, 0.25) is 5.95 Å². The van der Waals surface area contributed by atoms with Gasteiger partial charge in [-0.15, -0.1) is 5.10 Å². The van der Waals surface area contributed by atoms with E-state index in [1.54, 1.807) is 0 Å². The van der Waals surface area contributed by atoms with Gasteiger partial charge in [-0.1, -0.05) is 32.1 Å². The molecule has 1 saturated carbocycles. The van der Waals surface area contributed by atoms with Crippen molar-refractivity contribution in [2.24, 2.45) is 5.92 Å². The van der Waals surface area contributed by atoms with Gasteiger partial charge in [-0.05, 0) is 12.8 Å². The first kappa shape index (κ1) is 12.9. The highest BCUT2D eigenvalue weighted by Crippen LogP contribution is 2.26. The predicted molar refractivity (Wildman–Crippen MR) is 76.3 cm³/mol. The zero-order valence-corrected chi connectivity index (χ0v) is 11.9. The summed E-state index contributed by atoms with van der Waals surface area (Å²) in [6, 6.07) is 0.522. The molecule has 0 spiro atoms. The highest BCUT2D eigenvalue weighted by Gasteiger charge is 2.20. The van der Waals surface area contributed by atoms with Crippen LogP contribution >= 0.6 is 0 Å². The largest absolute Gasteiger partial charge is 0.337 e. The molecule has 2 fully saturated rings. The van der Waals surface area contributed by atoms with E-state index in [9.17, 15) is 0 Å². The second-order valence-electron chi connectivity index (χ2n) is 6.09. The molecule has 0 amide bonds. The fraction of sp³-hybridized carbons (Fsp3) is 0.857. The fourth-order valence-electron chi connectivity index (χ4n) is 3.30. The summed E-state index contributed by atoms with van der Waals surface area (Å²) >= 11 is 0. The molecule has 0 aromatic carbocycles. The first-order valence-corrected chi connectivity index (χ1v) is 7.71. The second kappa shape index (κ2) is 5.90. The molecule has 1 atom stereocenters. The quantitative estimate of drug-likeness (QED) is 0.872. The van der Waals surface area contributed by atoms with Crippen molar-refractivity contribution < 1.29 is 0 Å². The van der Waals surface area contributed by atoms with Crippen LogP contribution in [0.3, 0.4) is 0 Å². The molecular weight excluding hydrogens is 238 g/mol. The molecule has 106 valence electrons. The van der Waals surface area contributed by atoms with Crippen molar-refractivity contribution >= 4 is 5.95 Å². The summed E-state index contributed by atoms with van der Waals surface area (Å²) in [4.78, 5) is 6.97. The predicted octanol–water partition coefficient (Wildman–Crippen LogP) is 1.73.